The van der Waals surface area contributed by atoms with E-state index in [2.05, 4.69) is 10.3 Å². The van der Waals surface area contributed by atoms with Crippen molar-refractivity contribution in [1.29, 1.82) is 0 Å². The standard InChI is InChI=1S/C18H18N4O3/c23-17-10-16(20-13-3-5-15(6-4-13)22(24)25)18(21(17)14-7-8-14)12-2-1-9-19-11-12/h1-6,9,11,14,16,18,20H,7-8,10H2/t16-,18+/m1/s1. The van der Waals surface area contributed by atoms with Crippen molar-refractivity contribution in [2.45, 2.75) is 37.4 Å². The van der Waals surface area contributed by atoms with Gasteiger partial charge >= 0.3 is 0 Å². The molecule has 1 N–H and O–H groups in total. The molecule has 2 heterocycles. The molecule has 1 saturated heterocycles. The number of carbonyl (C=O) groups is 1. The fraction of sp³-hybridized carbons (Fsp3) is 0.333. The molecule has 1 aliphatic carbocycles. The lowest BCUT2D eigenvalue weighted by Gasteiger charge is -2.29. The van der Waals surface area contributed by atoms with Gasteiger partial charge in [-0.05, 0) is 36.6 Å². The Kier molecular flexibility index (Phi) is 3.83. The summed E-state index contributed by atoms with van der Waals surface area (Å²) < 4.78 is 0. The highest BCUT2D eigenvalue weighted by Gasteiger charge is 2.47. The zero-order valence-electron chi connectivity index (χ0n) is 13.5. The summed E-state index contributed by atoms with van der Waals surface area (Å²) in [6.07, 6.45) is 6.04. The number of carbonyl (C=O) groups excluding carboxylic acids is 1. The van der Waals surface area contributed by atoms with Crippen molar-refractivity contribution in [2.75, 3.05) is 5.32 Å². The number of benzene rings is 1. The maximum Gasteiger partial charge on any atom is 0.269 e. The van der Waals surface area contributed by atoms with E-state index in [1.807, 2.05) is 23.2 Å². The van der Waals surface area contributed by atoms with Crippen LogP contribution >= 0.6 is 0 Å². The molecule has 7 nitrogen and oxygen atoms in total. The van der Waals surface area contributed by atoms with E-state index >= 15 is 0 Å². The summed E-state index contributed by atoms with van der Waals surface area (Å²) in [5.74, 6) is 0.149. The van der Waals surface area contributed by atoms with Crippen LogP contribution in [0, 0.1) is 10.1 Å². The van der Waals surface area contributed by atoms with Gasteiger partial charge in [0.25, 0.3) is 5.69 Å². The maximum atomic E-state index is 12.6. The molecule has 2 aromatic rings. The first-order valence-corrected chi connectivity index (χ1v) is 8.35. The second-order valence-electron chi connectivity index (χ2n) is 6.52. The van der Waals surface area contributed by atoms with Crippen molar-refractivity contribution < 1.29 is 9.72 Å². The smallest absolute Gasteiger partial charge is 0.269 e. The highest BCUT2D eigenvalue weighted by atomic mass is 16.6. The third kappa shape index (κ3) is 3.05. The Morgan fingerprint density at radius 2 is 1.96 bits per heavy atom. The topological polar surface area (TPSA) is 88.4 Å². The molecule has 128 valence electrons. The van der Waals surface area contributed by atoms with Gasteiger partial charge in [0.1, 0.15) is 0 Å². The molecule has 25 heavy (non-hydrogen) atoms. The number of nitrogens with zero attached hydrogens (tertiary/aromatic N) is 3. The van der Waals surface area contributed by atoms with Crippen LogP contribution in [0.3, 0.4) is 0 Å². The van der Waals surface area contributed by atoms with E-state index in [1.54, 1.807) is 18.3 Å². The molecule has 4 rings (SSSR count). The summed E-state index contributed by atoms with van der Waals surface area (Å²) in [4.78, 5) is 29.1. The zero-order valence-corrected chi connectivity index (χ0v) is 13.5. The number of nitro groups is 1. The summed E-state index contributed by atoms with van der Waals surface area (Å²) in [5, 5.41) is 14.2. The van der Waals surface area contributed by atoms with E-state index in [0.29, 0.717) is 12.5 Å². The molecule has 0 spiro atoms. The first kappa shape index (κ1) is 15.6. The number of nitro benzene ring substituents is 1. The summed E-state index contributed by atoms with van der Waals surface area (Å²) >= 11 is 0. The molecule has 0 bridgehead atoms. The summed E-state index contributed by atoms with van der Waals surface area (Å²) in [5.41, 5.74) is 1.84. The Balaban J connectivity index is 1.60. The van der Waals surface area contributed by atoms with Gasteiger partial charge in [-0.15, -0.1) is 0 Å². The number of nitrogens with one attached hydrogen (secondary N) is 1. The lowest BCUT2D eigenvalue weighted by Crippen LogP contribution is -2.34. The van der Waals surface area contributed by atoms with Crippen LogP contribution in [0.2, 0.25) is 0 Å². The van der Waals surface area contributed by atoms with Crippen LogP contribution in [0.4, 0.5) is 11.4 Å². The van der Waals surface area contributed by atoms with Gasteiger partial charge in [0.05, 0.1) is 17.0 Å². The van der Waals surface area contributed by atoms with Gasteiger partial charge in [0, 0.05) is 42.7 Å². The van der Waals surface area contributed by atoms with Crippen LogP contribution in [0.15, 0.2) is 48.8 Å². The van der Waals surface area contributed by atoms with Crippen LogP contribution in [0.5, 0.6) is 0 Å². The molecule has 1 aliphatic heterocycles. The van der Waals surface area contributed by atoms with Crippen molar-refractivity contribution in [2.24, 2.45) is 0 Å². The van der Waals surface area contributed by atoms with Crippen LogP contribution < -0.4 is 5.32 Å². The van der Waals surface area contributed by atoms with Crippen molar-refractivity contribution in [3.05, 3.63) is 64.5 Å². The van der Waals surface area contributed by atoms with Gasteiger partial charge in [0.15, 0.2) is 0 Å². The minimum atomic E-state index is -0.420. The van der Waals surface area contributed by atoms with E-state index in [1.165, 1.54) is 12.1 Å². The second-order valence-corrected chi connectivity index (χ2v) is 6.52. The molecular formula is C18H18N4O3. The quantitative estimate of drug-likeness (QED) is 0.669. The predicted molar refractivity (Wildman–Crippen MR) is 92.0 cm³/mol. The monoisotopic (exact) mass is 338 g/mol. The first-order valence-electron chi connectivity index (χ1n) is 8.35. The normalized spacial score (nSPS) is 22.9. The number of rotatable bonds is 5. The number of hydrogen-bond donors (Lipinski definition) is 1. The fourth-order valence-corrected chi connectivity index (χ4v) is 3.50. The Morgan fingerprint density at radius 3 is 2.56 bits per heavy atom. The van der Waals surface area contributed by atoms with Crippen LogP contribution in [0.1, 0.15) is 30.9 Å². The van der Waals surface area contributed by atoms with Crippen molar-refractivity contribution in [1.82, 2.24) is 9.88 Å². The van der Waals surface area contributed by atoms with Crippen LogP contribution in [-0.4, -0.2) is 32.8 Å². The van der Waals surface area contributed by atoms with Crippen molar-refractivity contribution in [3.8, 4) is 0 Å². The number of pyridine rings is 1. The molecule has 1 aromatic heterocycles. The molecule has 1 amide bonds. The van der Waals surface area contributed by atoms with Gasteiger partial charge < -0.3 is 10.2 Å². The maximum absolute atomic E-state index is 12.6. The van der Waals surface area contributed by atoms with Crippen LogP contribution in [0.25, 0.3) is 0 Å². The van der Waals surface area contributed by atoms with Gasteiger partial charge in [-0.1, -0.05) is 6.07 Å². The molecule has 2 fully saturated rings. The van der Waals surface area contributed by atoms with Gasteiger partial charge in [0.2, 0.25) is 5.91 Å². The zero-order chi connectivity index (χ0) is 17.4. The number of amides is 1. The Hall–Kier alpha value is -2.96. The summed E-state index contributed by atoms with van der Waals surface area (Å²) in [7, 11) is 0. The van der Waals surface area contributed by atoms with Gasteiger partial charge in [-0.2, -0.15) is 0 Å². The molecule has 1 aromatic carbocycles. The first-order chi connectivity index (χ1) is 12.1. The Bertz CT molecular complexity index is 790. The summed E-state index contributed by atoms with van der Waals surface area (Å²) in [6.45, 7) is 0. The van der Waals surface area contributed by atoms with Gasteiger partial charge in [-0.25, -0.2) is 0 Å². The van der Waals surface area contributed by atoms with E-state index in [0.717, 1.165) is 24.1 Å². The molecule has 2 atom stereocenters. The van der Waals surface area contributed by atoms with Crippen molar-refractivity contribution >= 4 is 17.3 Å². The lowest BCUT2D eigenvalue weighted by atomic mass is 10.0. The fourth-order valence-electron chi connectivity index (χ4n) is 3.50. The van der Waals surface area contributed by atoms with E-state index in [9.17, 15) is 14.9 Å². The molecule has 0 radical (unpaired) electrons. The minimum Gasteiger partial charge on any atom is -0.379 e. The molecule has 7 heteroatoms. The van der Waals surface area contributed by atoms with Crippen molar-refractivity contribution in [3.63, 3.8) is 0 Å². The minimum absolute atomic E-state index is 0.0523. The average molecular weight is 338 g/mol. The number of non-ortho nitro benzene ring substituents is 1. The third-order valence-corrected chi connectivity index (χ3v) is 4.76. The third-order valence-electron chi connectivity index (χ3n) is 4.76. The highest BCUT2D eigenvalue weighted by molar-refractivity contribution is 5.82. The Labute approximate surface area is 144 Å². The van der Waals surface area contributed by atoms with E-state index < -0.39 is 4.92 Å². The SMILES string of the molecule is O=C1C[C@@H](Nc2ccc([N+](=O)[O-])cc2)[C@H](c2cccnc2)N1C1CC1. The molecule has 0 unspecified atom stereocenters. The molecule has 1 saturated carbocycles. The largest absolute Gasteiger partial charge is 0.379 e. The van der Waals surface area contributed by atoms with E-state index in [4.69, 9.17) is 0 Å². The number of hydrogen-bond acceptors (Lipinski definition) is 5. The molecule has 2 aliphatic rings. The number of anilines is 1. The molecular weight excluding hydrogens is 320 g/mol. The number of likely N-dealkylation sites (tertiary alicyclic amines) is 1. The van der Waals surface area contributed by atoms with Crippen LogP contribution in [-0.2, 0) is 4.79 Å². The average Bonchev–Trinajstić information content (AvgIpc) is 3.40. The highest BCUT2D eigenvalue weighted by Crippen LogP contribution is 2.42. The lowest BCUT2D eigenvalue weighted by molar-refractivity contribution is -0.384. The predicted octanol–water partition coefficient (Wildman–Crippen LogP) is 2.91. The summed E-state index contributed by atoms with van der Waals surface area (Å²) in [6, 6.07) is 10.4. The van der Waals surface area contributed by atoms with E-state index in [-0.39, 0.29) is 23.7 Å². The van der Waals surface area contributed by atoms with Gasteiger partial charge in [-0.3, -0.25) is 19.9 Å². The number of aromatic nitrogens is 1. The Morgan fingerprint density at radius 1 is 1.20 bits per heavy atom. The second kappa shape index (κ2) is 6.16.